The quantitative estimate of drug-likeness (QED) is 0.850. The van der Waals surface area contributed by atoms with E-state index in [0.29, 0.717) is 18.8 Å². The molecule has 0 spiro atoms. The molecule has 0 heterocycles. The van der Waals surface area contributed by atoms with E-state index >= 15 is 0 Å². The smallest absolute Gasteiger partial charge is 0.309 e. The lowest BCUT2D eigenvalue weighted by Crippen LogP contribution is -2.53. The molecule has 3 nitrogen and oxygen atoms in total. The van der Waals surface area contributed by atoms with Gasteiger partial charge in [-0.15, -0.1) is 0 Å². The Balaban J connectivity index is 2.14. The second-order valence-corrected chi connectivity index (χ2v) is 8.30. The van der Waals surface area contributed by atoms with Crippen LogP contribution < -0.4 is 0 Å². The van der Waals surface area contributed by atoms with Gasteiger partial charge in [-0.05, 0) is 60.1 Å². The predicted octanol–water partition coefficient (Wildman–Crippen LogP) is 4.40. The van der Waals surface area contributed by atoms with Crippen LogP contribution in [0.15, 0.2) is 18.2 Å². The number of fused-ring (bicyclic) bond motifs is 3. The van der Waals surface area contributed by atoms with Crippen LogP contribution in [-0.4, -0.2) is 16.2 Å². The molecule has 1 fully saturated rings. The van der Waals surface area contributed by atoms with Crippen molar-refractivity contribution in [3.05, 3.63) is 34.9 Å². The first-order valence-corrected chi connectivity index (χ1v) is 8.76. The van der Waals surface area contributed by atoms with Gasteiger partial charge in [0.25, 0.3) is 0 Å². The van der Waals surface area contributed by atoms with Crippen molar-refractivity contribution in [3.8, 4) is 0 Å². The Bertz CT molecular complexity index is 636. The van der Waals surface area contributed by atoms with Crippen molar-refractivity contribution in [2.75, 3.05) is 0 Å². The molecule has 0 amide bonds. The minimum Gasteiger partial charge on any atom is -0.481 e. The van der Waals surface area contributed by atoms with Crippen molar-refractivity contribution in [2.45, 2.75) is 70.8 Å². The van der Waals surface area contributed by atoms with Gasteiger partial charge < -0.3 is 10.2 Å². The highest BCUT2D eigenvalue weighted by molar-refractivity contribution is 5.75. The highest BCUT2D eigenvalue weighted by Gasteiger charge is 2.56. The summed E-state index contributed by atoms with van der Waals surface area (Å²) in [6.07, 6.45) is 2.62. The average molecular weight is 316 g/mol. The van der Waals surface area contributed by atoms with Gasteiger partial charge in [0.15, 0.2) is 0 Å². The molecule has 126 valence electrons. The minimum atomic E-state index is -0.748. The zero-order chi connectivity index (χ0) is 17.0. The van der Waals surface area contributed by atoms with Gasteiger partial charge in [0, 0.05) is 0 Å². The van der Waals surface area contributed by atoms with Crippen LogP contribution in [0.2, 0.25) is 0 Å². The van der Waals surface area contributed by atoms with Crippen molar-refractivity contribution >= 4 is 5.97 Å². The molecule has 0 saturated heterocycles. The van der Waals surface area contributed by atoms with Gasteiger partial charge in [-0.3, -0.25) is 4.79 Å². The average Bonchev–Trinajstić information content (AvgIpc) is 2.49. The highest BCUT2D eigenvalue weighted by Crippen LogP contribution is 2.59. The summed E-state index contributed by atoms with van der Waals surface area (Å²) in [5.41, 5.74) is 2.52. The molecule has 23 heavy (non-hydrogen) atoms. The molecule has 1 aromatic carbocycles. The van der Waals surface area contributed by atoms with Crippen molar-refractivity contribution in [1.29, 1.82) is 0 Å². The molecule has 3 rings (SSSR count). The molecule has 0 aliphatic heterocycles. The van der Waals surface area contributed by atoms with E-state index in [1.165, 1.54) is 5.56 Å². The predicted molar refractivity (Wildman–Crippen MR) is 90.5 cm³/mol. The molecule has 1 saturated carbocycles. The molecule has 1 aromatic rings. The topological polar surface area (TPSA) is 57.5 Å². The molecule has 0 radical (unpaired) electrons. The standard InChI is InChI=1S/C20H28O3/c1-12(2)13-6-7-15-14(10-13)16(21)11-17-19(15,3)8-5-9-20(17,4)18(22)23/h6-7,10,12,16-17,21H,5,8-9,11H2,1-4H3,(H,22,23)/t16-,17+,19-,20-/m1/s1. The number of aliphatic hydroxyl groups is 1. The van der Waals surface area contributed by atoms with Crippen LogP contribution >= 0.6 is 0 Å². The van der Waals surface area contributed by atoms with E-state index in [9.17, 15) is 15.0 Å². The lowest BCUT2D eigenvalue weighted by atomic mass is 9.49. The molecule has 2 aliphatic rings. The van der Waals surface area contributed by atoms with Crippen molar-refractivity contribution in [2.24, 2.45) is 11.3 Å². The van der Waals surface area contributed by atoms with Gasteiger partial charge in [0.05, 0.1) is 11.5 Å². The van der Waals surface area contributed by atoms with E-state index in [2.05, 4.69) is 39.0 Å². The Morgan fingerprint density at radius 2 is 1.96 bits per heavy atom. The Kier molecular flexibility index (Phi) is 3.83. The number of aliphatic hydroxyl groups excluding tert-OH is 1. The van der Waals surface area contributed by atoms with E-state index in [4.69, 9.17) is 0 Å². The van der Waals surface area contributed by atoms with Crippen LogP contribution in [0.5, 0.6) is 0 Å². The Hall–Kier alpha value is -1.35. The molecular weight excluding hydrogens is 288 g/mol. The van der Waals surface area contributed by atoms with Gasteiger partial charge in [0.2, 0.25) is 0 Å². The molecule has 0 unspecified atom stereocenters. The van der Waals surface area contributed by atoms with E-state index in [1.807, 2.05) is 6.92 Å². The molecule has 2 N–H and O–H groups in total. The van der Waals surface area contributed by atoms with Crippen molar-refractivity contribution < 1.29 is 15.0 Å². The monoisotopic (exact) mass is 316 g/mol. The fourth-order valence-electron chi connectivity index (χ4n) is 5.06. The summed E-state index contributed by atoms with van der Waals surface area (Å²) in [5, 5.41) is 20.6. The number of carboxylic acid groups (broad SMARTS) is 1. The van der Waals surface area contributed by atoms with Gasteiger partial charge in [-0.25, -0.2) is 0 Å². The van der Waals surface area contributed by atoms with Gasteiger partial charge in [-0.1, -0.05) is 45.4 Å². The zero-order valence-corrected chi connectivity index (χ0v) is 14.6. The Morgan fingerprint density at radius 3 is 2.57 bits per heavy atom. The molecule has 0 bridgehead atoms. The third-order valence-electron chi connectivity index (χ3n) is 6.59. The zero-order valence-electron chi connectivity index (χ0n) is 14.6. The maximum absolute atomic E-state index is 12.0. The summed E-state index contributed by atoms with van der Waals surface area (Å²) < 4.78 is 0. The third-order valence-corrected chi connectivity index (χ3v) is 6.59. The second kappa shape index (κ2) is 5.34. The van der Waals surface area contributed by atoms with Gasteiger partial charge in [0.1, 0.15) is 0 Å². The summed E-state index contributed by atoms with van der Waals surface area (Å²) in [5.74, 6) is -0.315. The molecule has 0 aromatic heterocycles. The fraction of sp³-hybridized carbons (Fsp3) is 0.650. The maximum atomic E-state index is 12.0. The van der Waals surface area contributed by atoms with Gasteiger partial charge in [-0.2, -0.15) is 0 Å². The number of carboxylic acids is 1. The summed E-state index contributed by atoms with van der Waals surface area (Å²) in [7, 11) is 0. The largest absolute Gasteiger partial charge is 0.481 e. The Labute approximate surface area is 138 Å². The summed E-state index contributed by atoms with van der Waals surface area (Å²) in [6, 6.07) is 6.43. The first-order chi connectivity index (χ1) is 10.7. The van der Waals surface area contributed by atoms with Crippen LogP contribution in [0, 0.1) is 11.3 Å². The van der Waals surface area contributed by atoms with E-state index in [-0.39, 0.29) is 11.3 Å². The number of rotatable bonds is 2. The lowest BCUT2D eigenvalue weighted by molar-refractivity contribution is -0.159. The number of carbonyl (C=O) groups is 1. The molecule has 4 atom stereocenters. The van der Waals surface area contributed by atoms with Crippen LogP contribution in [0.3, 0.4) is 0 Å². The minimum absolute atomic E-state index is 0.0198. The first-order valence-electron chi connectivity index (χ1n) is 8.76. The summed E-state index contributed by atoms with van der Waals surface area (Å²) >= 11 is 0. The summed E-state index contributed by atoms with van der Waals surface area (Å²) in [4.78, 5) is 12.0. The molecule has 3 heteroatoms. The van der Waals surface area contributed by atoms with E-state index in [1.54, 1.807) is 0 Å². The normalized spacial score (nSPS) is 36.4. The van der Waals surface area contributed by atoms with Crippen molar-refractivity contribution in [3.63, 3.8) is 0 Å². The Morgan fingerprint density at radius 1 is 1.26 bits per heavy atom. The molecule has 2 aliphatic carbocycles. The number of hydrogen-bond donors (Lipinski definition) is 2. The third kappa shape index (κ3) is 2.32. The highest BCUT2D eigenvalue weighted by atomic mass is 16.4. The van der Waals surface area contributed by atoms with E-state index in [0.717, 1.165) is 24.0 Å². The van der Waals surface area contributed by atoms with Crippen LogP contribution in [0.1, 0.15) is 82.1 Å². The second-order valence-electron chi connectivity index (χ2n) is 8.30. The van der Waals surface area contributed by atoms with Crippen LogP contribution in [-0.2, 0) is 10.2 Å². The van der Waals surface area contributed by atoms with Crippen molar-refractivity contribution in [1.82, 2.24) is 0 Å². The van der Waals surface area contributed by atoms with Crippen LogP contribution in [0.4, 0.5) is 0 Å². The lowest BCUT2D eigenvalue weighted by Gasteiger charge is -2.54. The maximum Gasteiger partial charge on any atom is 0.309 e. The van der Waals surface area contributed by atoms with Crippen LogP contribution in [0.25, 0.3) is 0 Å². The molecular formula is C20H28O3. The number of hydrogen-bond acceptors (Lipinski definition) is 2. The first kappa shape index (κ1) is 16.5. The fourth-order valence-corrected chi connectivity index (χ4v) is 5.06. The number of aliphatic carboxylic acids is 1. The number of benzene rings is 1. The SMILES string of the molecule is CC(C)c1ccc2c(c1)[C@H](O)C[C@@H]1[C@](C)(C(=O)O)CCC[C@]21C. The van der Waals surface area contributed by atoms with Gasteiger partial charge >= 0.3 is 5.97 Å². The van der Waals surface area contributed by atoms with E-state index < -0.39 is 17.5 Å². The summed E-state index contributed by atoms with van der Waals surface area (Å²) in [6.45, 7) is 8.39.